The summed E-state index contributed by atoms with van der Waals surface area (Å²) in [6, 6.07) is 2.54. The Labute approximate surface area is 63.0 Å². The molecule has 4 nitrogen and oxygen atoms in total. The molecule has 0 radical (unpaired) electrons. The number of hydrogen-bond acceptors (Lipinski definition) is 3. The normalized spacial score (nSPS) is 8.64. The average Bonchev–Trinajstić information content (AvgIpc) is 2.05. The van der Waals surface area contributed by atoms with Gasteiger partial charge in [-0.3, -0.25) is 10.1 Å². The predicted octanol–water partition coefficient (Wildman–Crippen LogP) is 0.971. The molecule has 0 bridgehead atoms. The number of terminal acetylenes is 1. The predicted molar refractivity (Wildman–Crippen MR) is 38.8 cm³/mol. The van der Waals surface area contributed by atoms with Gasteiger partial charge in [-0.25, -0.2) is 4.98 Å². The Hall–Kier alpha value is -1.89. The molecule has 0 aliphatic carbocycles. The van der Waals surface area contributed by atoms with Crippen molar-refractivity contribution in [2.75, 3.05) is 0 Å². The number of nitrogens with zero attached hydrogens (tertiary/aromatic N) is 2. The van der Waals surface area contributed by atoms with Crippen molar-refractivity contribution in [1.82, 2.24) is 4.98 Å². The molecule has 0 saturated heterocycles. The van der Waals surface area contributed by atoms with E-state index in [-0.39, 0.29) is 11.4 Å². The Kier molecular flexibility index (Phi) is 1.83. The van der Waals surface area contributed by atoms with Crippen LogP contribution in [0.25, 0.3) is 0 Å². The number of pyridine rings is 1. The molecule has 0 N–H and O–H groups in total. The van der Waals surface area contributed by atoms with Gasteiger partial charge in [0.05, 0.1) is 11.0 Å². The molecule has 1 aromatic rings. The second-order valence-electron chi connectivity index (χ2n) is 1.80. The smallest absolute Gasteiger partial charge is 0.258 e. The topological polar surface area (TPSA) is 56.0 Å². The fraction of sp³-hybridized carbons (Fsp3) is 0. The second kappa shape index (κ2) is 2.80. The van der Waals surface area contributed by atoms with Gasteiger partial charge in [0, 0.05) is 12.3 Å². The van der Waals surface area contributed by atoms with E-state index in [1.807, 2.05) is 0 Å². The van der Waals surface area contributed by atoms with Gasteiger partial charge in [0.25, 0.3) is 5.69 Å². The molecular weight excluding hydrogens is 144 g/mol. The first-order valence-corrected chi connectivity index (χ1v) is 2.81. The van der Waals surface area contributed by atoms with Gasteiger partial charge in [-0.05, 0) is 0 Å². The summed E-state index contributed by atoms with van der Waals surface area (Å²) < 4.78 is 0. The van der Waals surface area contributed by atoms with Crippen molar-refractivity contribution >= 4 is 5.69 Å². The zero-order chi connectivity index (χ0) is 8.27. The summed E-state index contributed by atoms with van der Waals surface area (Å²) in [5.41, 5.74) is 0.243. The van der Waals surface area contributed by atoms with Crippen molar-refractivity contribution in [3.05, 3.63) is 34.1 Å². The monoisotopic (exact) mass is 148 g/mol. The van der Waals surface area contributed by atoms with Crippen LogP contribution in [0.4, 0.5) is 5.69 Å². The first kappa shape index (κ1) is 7.22. The minimum Gasteiger partial charge on any atom is -0.258 e. The molecule has 0 atom stereocenters. The molecule has 54 valence electrons. The highest BCUT2D eigenvalue weighted by Gasteiger charge is 2.03. The van der Waals surface area contributed by atoms with E-state index in [0.717, 1.165) is 0 Å². The van der Waals surface area contributed by atoms with Crippen molar-refractivity contribution in [1.29, 1.82) is 0 Å². The lowest BCUT2D eigenvalue weighted by atomic mass is 10.3. The van der Waals surface area contributed by atoms with Gasteiger partial charge < -0.3 is 0 Å². The third kappa shape index (κ3) is 1.52. The Balaban J connectivity index is 3.13. The Bertz CT molecular complexity index is 327. The van der Waals surface area contributed by atoms with Gasteiger partial charge in [-0.1, -0.05) is 5.92 Å². The molecule has 1 heterocycles. The van der Waals surface area contributed by atoms with Gasteiger partial charge in [0.15, 0.2) is 0 Å². The SMILES string of the molecule is C#Cc1cc([N+](=O)[O-])ccn1. The first-order valence-electron chi connectivity index (χ1n) is 2.81. The molecule has 1 rings (SSSR count). The quantitative estimate of drug-likeness (QED) is 0.338. The van der Waals surface area contributed by atoms with E-state index < -0.39 is 4.92 Å². The maximum atomic E-state index is 10.2. The molecule has 0 fully saturated rings. The highest BCUT2D eigenvalue weighted by Crippen LogP contribution is 2.09. The van der Waals surface area contributed by atoms with Crippen molar-refractivity contribution in [2.45, 2.75) is 0 Å². The summed E-state index contributed by atoms with van der Waals surface area (Å²) in [7, 11) is 0. The molecule has 0 aromatic carbocycles. The van der Waals surface area contributed by atoms with Crippen molar-refractivity contribution in [3.8, 4) is 12.3 Å². The molecule has 0 spiro atoms. The molecule has 0 unspecified atom stereocenters. The number of aromatic nitrogens is 1. The van der Waals surface area contributed by atoms with Gasteiger partial charge in [0.2, 0.25) is 0 Å². The van der Waals surface area contributed by atoms with Crippen LogP contribution in [0.1, 0.15) is 5.69 Å². The van der Waals surface area contributed by atoms with E-state index in [2.05, 4.69) is 10.9 Å². The van der Waals surface area contributed by atoms with Gasteiger partial charge in [-0.15, -0.1) is 6.42 Å². The summed E-state index contributed by atoms with van der Waals surface area (Å²) in [5.74, 6) is 2.21. The molecule has 0 saturated carbocycles. The van der Waals surface area contributed by atoms with Gasteiger partial charge in [-0.2, -0.15) is 0 Å². The van der Waals surface area contributed by atoms with E-state index in [9.17, 15) is 10.1 Å². The van der Waals surface area contributed by atoms with Crippen LogP contribution in [0.3, 0.4) is 0 Å². The lowest BCUT2D eigenvalue weighted by Crippen LogP contribution is -1.89. The second-order valence-corrected chi connectivity index (χ2v) is 1.80. The van der Waals surface area contributed by atoms with Crippen LogP contribution in [0.15, 0.2) is 18.3 Å². The van der Waals surface area contributed by atoms with Crippen LogP contribution < -0.4 is 0 Å². The van der Waals surface area contributed by atoms with Crippen LogP contribution >= 0.6 is 0 Å². The minimum absolute atomic E-state index is 0.0343. The lowest BCUT2D eigenvalue weighted by Gasteiger charge is -1.89. The van der Waals surface area contributed by atoms with E-state index in [1.54, 1.807) is 0 Å². The fourth-order valence-corrected chi connectivity index (χ4v) is 0.612. The third-order valence-corrected chi connectivity index (χ3v) is 1.10. The van der Waals surface area contributed by atoms with Crippen LogP contribution in [0.5, 0.6) is 0 Å². The number of rotatable bonds is 1. The maximum Gasteiger partial charge on any atom is 0.273 e. The molecule has 11 heavy (non-hydrogen) atoms. The molecule has 0 aliphatic rings. The zero-order valence-corrected chi connectivity index (χ0v) is 5.52. The van der Waals surface area contributed by atoms with Crippen LogP contribution in [0, 0.1) is 22.5 Å². The third-order valence-electron chi connectivity index (χ3n) is 1.10. The average molecular weight is 148 g/mol. The highest BCUT2D eigenvalue weighted by molar-refractivity contribution is 5.36. The fourth-order valence-electron chi connectivity index (χ4n) is 0.612. The minimum atomic E-state index is -0.511. The standard InChI is InChI=1S/C7H4N2O2/c1-2-6-5-7(9(10)11)3-4-8-6/h1,3-5H. The van der Waals surface area contributed by atoms with Crippen LogP contribution in [-0.2, 0) is 0 Å². The first-order chi connectivity index (χ1) is 5.24. The Morgan fingerprint density at radius 1 is 1.73 bits per heavy atom. The van der Waals surface area contributed by atoms with Gasteiger partial charge >= 0.3 is 0 Å². The van der Waals surface area contributed by atoms with Crippen LogP contribution in [-0.4, -0.2) is 9.91 Å². The van der Waals surface area contributed by atoms with Gasteiger partial charge in [0.1, 0.15) is 5.69 Å². The summed E-state index contributed by atoms with van der Waals surface area (Å²) in [5, 5.41) is 10.2. The summed E-state index contributed by atoms with van der Waals surface area (Å²) in [4.78, 5) is 13.4. The lowest BCUT2D eigenvalue weighted by molar-refractivity contribution is -0.385. The van der Waals surface area contributed by atoms with Crippen LogP contribution in [0.2, 0.25) is 0 Å². The maximum absolute atomic E-state index is 10.2. The Morgan fingerprint density at radius 3 is 3.00 bits per heavy atom. The molecule has 4 heteroatoms. The van der Waals surface area contributed by atoms with Crippen molar-refractivity contribution < 1.29 is 4.92 Å². The van der Waals surface area contributed by atoms with E-state index in [0.29, 0.717) is 0 Å². The van der Waals surface area contributed by atoms with E-state index in [1.165, 1.54) is 18.3 Å². The van der Waals surface area contributed by atoms with E-state index in [4.69, 9.17) is 6.42 Å². The van der Waals surface area contributed by atoms with Crippen molar-refractivity contribution in [2.24, 2.45) is 0 Å². The molecule has 1 aromatic heterocycles. The van der Waals surface area contributed by atoms with Crippen molar-refractivity contribution in [3.63, 3.8) is 0 Å². The molecular formula is C7H4N2O2. The summed E-state index contributed by atoms with van der Waals surface area (Å²) >= 11 is 0. The molecule has 0 aliphatic heterocycles. The number of hydrogen-bond donors (Lipinski definition) is 0. The summed E-state index contributed by atoms with van der Waals surface area (Å²) in [6.45, 7) is 0. The largest absolute Gasteiger partial charge is 0.273 e. The zero-order valence-electron chi connectivity index (χ0n) is 5.52. The highest BCUT2D eigenvalue weighted by atomic mass is 16.6. The summed E-state index contributed by atoms with van der Waals surface area (Å²) in [6.07, 6.45) is 6.30. The number of nitro groups is 1. The Morgan fingerprint density at radius 2 is 2.45 bits per heavy atom. The van der Waals surface area contributed by atoms with E-state index >= 15 is 0 Å². The molecule has 0 amide bonds.